The number of hydrogen-bond acceptors (Lipinski definition) is 5. The number of guanidine groups is 1. The lowest BCUT2D eigenvalue weighted by Crippen LogP contribution is -2.30. The molecule has 1 aromatic rings. The summed E-state index contributed by atoms with van der Waals surface area (Å²) >= 11 is 0. The summed E-state index contributed by atoms with van der Waals surface area (Å²) in [5, 5.41) is 6.41. The fourth-order valence-corrected chi connectivity index (χ4v) is 2.11. The smallest absolute Gasteiger partial charge is 0.305 e. The molecule has 0 aliphatic carbocycles. The fraction of sp³-hybridized carbons (Fsp3) is 0.556. The van der Waals surface area contributed by atoms with Gasteiger partial charge in [0.15, 0.2) is 17.5 Å². The summed E-state index contributed by atoms with van der Waals surface area (Å²) in [6.07, 6.45) is 1.01. The van der Waals surface area contributed by atoms with Gasteiger partial charge in [-0.3, -0.25) is 9.79 Å². The number of aliphatic imine (C=N–C) groups is 1. The number of carbonyl (C=O) groups excluding carboxylic acids is 1. The molecule has 0 saturated heterocycles. The van der Waals surface area contributed by atoms with E-state index in [4.69, 9.17) is 14.2 Å². The molecule has 2 N–H and O–H groups in total. The zero-order chi connectivity index (χ0) is 18.5. The van der Waals surface area contributed by atoms with Gasteiger partial charge in [0.25, 0.3) is 0 Å². The predicted molar refractivity (Wildman–Crippen MR) is 115 cm³/mol. The lowest BCUT2D eigenvalue weighted by atomic mass is 10.2. The van der Waals surface area contributed by atoms with Crippen molar-refractivity contribution in [2.45, 2.75) is 33.6 Å². The summed E-state index contributed by atoms with van der Waals surface area (Å²) in [6, 6.07) is 5.61. The van der Waals surface area contributed by atoms with E-state index in [1.54, 1.807) is 14.0 Å². The Hall–Kier alpha value is -1.71. The molecular formula is C18H30IN3O4. The van der Waals surface area contributed by atoms with Crippen molar-refractivity contribution in [1.82, 2.24) is 5.32 Å². The van der Waals surface area contributed by atoms with E-state index in [9.17, 15) is 4.79 Å². The van der Waals surface area contributed by atoms with E-state index in [0.717, 1.165) is 12.2 Å². The van der Waals surface area contributed by atoms with Crippen LogP contribution in [0.1, 0.15) is 33.6 Å². The van der Waals surface area contributed by atoms with Crippen LogP contribution in [0.5, 0.6) is 11.5 Å². The van der Waals surface area contributed by atoms with Gasteiger partial charge in [-0.05, 0) is 39.3 Å². The number of halogens is 1. The summed E-state index contributed by atoms with van der Waals surface area (Å²) in [7, 11) is 1.61. The van der Waals surface area contributed by atoms with Crippen LogP contribution in [0.4, 0.5) is 5.69 Å². The molecule has 0 radical (unpaired) electrons. The highest BCUT2D eigenvalue weighted by atomic mass is 127. The second kappa shape index (κ2) is 14.5. The second-order valence-corrected chi connectivity index (χ2v) is 5.09. The summed E-state index contributed by atoms with van der Waals surface area (Å²) in [5.41, 5.74) is 0.842. The Labute approximate surface area is 172 Å². The molecule has 26 heavy (non-hydrogen) atoms. The number of rotatable bonds is 10. The molecule has 0 bridgehead atoms. The van der Waals surface area contributed by atoms with Crippen LogP contribution in [0.2, 0.25) is 0 Å². The molecule has 0 aliphatic heterocycles. The van der Waals surface area contributed by atoms with Gasteiger partial charge in [-0.15, -0.1) is 24.0 Å². The summed E-state index contributed by atoms with van der Waals surface area (Å²) < 4.78 is 15.8. The van der Waals surface area contributed by atoms with Crippen molar-refractivity contribution in [2.75, 3.05) is 38.7 Å². The maximum Gasteiger partial charge on any atom is 0.305 e. The lowest BCUT2D eigenvalue weighted by Gasteiger charge is -2.14. The minimum absolute atomic E-state index is 0. The normalized spacial score (nSPS) is 10.5. The van der Waals surface area contributed by atoms with E-state index in [2.05, 4.69) is 15.6 Å². The van der Waals surface area contributed by atoms with E-state index in [1.165, 1.54) is 0 Å². The van der Waals surface area contributed by atoms with Crippen molar-refractivity contribution in [2.24, 2.45) is 4.99 Å². The number of nitrogens with zero attached hydrogens (tertiary/aromatic N) is 1. The molecule has 0 heterocycles. The van der Waals surface area contributed by atoms with Gasteiger partial charge < -0.3 is 24.8 Å². The van der Waals surface area contributed by atoms with Crippen LogP contribution in [-0.4, -0.2) is 45.3 Å². The average Bonchev–Trinajstić information content (AvgIpc) is 2.59. The van der Waals surface area contributed by atoms with E-state index in [-0.39, 0.29) is 29.9 Å². The maximum absolute atomic E-state index is 11.3. The van der Waals surface area contributed by atoms with Crippen LogP contribution in [0, 0.1) is 0 Å². The maximum atomic E-state index is 11.3. The van der Waals surface area contributed by atoms with Gasteiger partial charge in [0.2, 0.25) is 0 Å². The molecule has 8 heteroatoms. The third-order valence-electron chi connectivity index (χ3n) is 3.18. The molecule has 148 valence electrons. The fourth-order valence-electron chi connectivity index (χ4n) is 2.11. The van der Waals surface area contributed by atoms with Gasteiger partial charge in [-0.25, -0.2) is 0 Å². The van der Waals surface area contributed by atoms with Gasteiger partial charge in [0.05, 0.1) is 20.3 Å². The van der Waals surface area contributed by atoms with Crippen molar-refractivity contribution in [1.29, 1.82) is 0 Å². The summed E-state index contributed by atoms with van der Waals surface area (Å²) in [4.78, 5) is 15.8. The molecule has 0 aromatic heterocycles. The number of anilines is 1. The Bertz CT molecular complexity index is 567. The number of ether oxygens (including phenoxy) is 3. The van der Waals surface area contributed by atoms with Crippen LogP contribution in [0.25, 0.3) is 0 Å². The number of hydrogen-bond donors (Lipinski definition) is 2. The Kier molecular flexibility index (Phi) is 13.5. The average molecular weight is 479 g/mol. The highest BCUT2D eigenvalue weighted by molar-refractivity contribution is 14.0. The molecule has 0 unspecified atom stereocenters. The Morgan fingerprint density at radius 3 is 2.54 bits per heavy atom. The first-order chi connectivity index (χ1) is 12.1. The summed E-state index contributed by atoms with van der Waals surface area (Å²) in [6.45, 7) is 7.95. The van der Waals surface area contributed by atoms with Crippen LogP contribution >= 0.6 is 24.0 Å². The van der Waals surface area contributed by atoms with Crippen molar-refractivity contribution < 1.29 is 19.0 Å². The second-order valence-electron chi connectivity index (χ2n) is 5.09. The van der Waals surface area contributed by atoms with Gasteiger partial charge in [0, 0.05) is 31.3 Å². The van der Waals surface area contributed by atoms with Crippen molar-refractivity contribution in [3.05, 3.63) is 18.2 Å². The number of esters is 1. The highest BCUT2D eigenvalue weighted by Crippen LogP contribution is 2.30. The third kappa shape index (κ3) is 9.12. The van der Waals surface area contributed by atoms with E-state index < -0.39 is 0 Å². The quantitative estimate of drug-likeness (QED) is 0.176. The Morgan fingerprint density at radius 1 is 1.15 bits per heavy atom. The minimum Gasteiger partial charge on any atom is -0.493 e. The van der Waals surface area contributed by atoms with E-state index >= 15 is 0 Å². The van der Waals surface area contributed by atoms with Crippen LogP contribution < -0.4 is 20.1 Å². The van der Waals surface area contributed by atoms with Crippen molar-refractivity contribution >= 4 is 41.6 Å². The first-order valence-electron chi connectivity index (χ1n) is 8.66. The third-order valence-corrected chi connectivity index (χ3v) is 3.18. The van der Waals surface area contributed by atoms with Gasteiger partial charge in [-0.1, -0.05) is 0 Å². The molecule has 0 saturated carbocycles. The zero-order valence-electron chi connectivity index (χ0n) is 16.0. The van der Waals surface area contributed by atoms with Crippen LogP contribution in [0.15, 0.2) is 23.2 Å². The van der Waals surface area contributed by atoms with Crippen molar-refractivity contribution in [3.8, 4) is 11.5 Å². The molecule has 0 amide bonds. The molecule has 1 rings (SSSR count). The van der Waals surface area contributed by atoms with Gasteiger partial charge >= 0.3 is 5.97 Å². The first-order valence-corrected chi connectivity index (χ1v) is 8.66. The Morgan fingerprint density at radius 2 is 1.92 bits per heavy atom. The van der Waals surface area contributed by atoms with Gasteiger partial charge in [0.1, 0.15) is 0 Å². The minimum atomic E-state index is -0.188. The molecule has 7 nitrogen and oxygen atoms in total. The number of carbonyl (C=O) groups is 1. The number of benzene rings is 1. The van der Waals surface area contributed by atoms with Gasteiger partial charge in [-0.2, -0.15) is 0 Å². The first kappa shape index (κ1) is 24.3. The molecule has 0 spiro atoms. The highest BCUT2D eigenvalue weighted by Gasteiger charge is 2.07. The van der Waals surface area contributed by atoms with Crippen LogP contribution in [0.3, 0.4) is 0 Å². The SMILES string of the molecule is CCNC(=NCCCC(=O)OCC)Nc1ccc(OC)c(OCC)c1.I. The molecule has 0 atom stereocenters. The van der Waals surface area contributed by atoms with E-state index in [1.807, 2.05) is 32.0 Å². The zero-order valence-corrected chi connectivity index (χ0v) is 18.3. The molecule has 1 aromatic carbocycles. The van der Waals surface area contributed by atoms with Crippen molar-refractivity contribution in [3.63, 3.8) is 0 Å². The number of methoxy groups -OCH3 is 1. The lowest BCUT2D eigenvalue weighted by molar-refractivity contribution is -0.143. The van der Waals surface area contributed by atoms with E-state index in [0.29, 0.717) is 50.1 Å². The predicted octanol–water partition coefficient (Wildman–Crippen LogP) is 3.43. The molecule has 0 aliphatic rings. The monoisotopic (exact) mass is 479 g/mol. The molecule has 0 fully saturated rings. The molecular weight excluding hydrogens is 449 g/mol. The topological polar surface area (TPSA) is 81.2 Å². The van der Waals surface area contributed by atoms with Crippen LogP contribution in [-0.2, 0) is 9.53 Å². The Balaban J connectivity index is 0.00000625. The number of nitrogens with one attached hydrogen (secondary N) is 2. The largest absolute Gasteiger partial charge is 0.493 e. The standard InChI is InChI=1S/C18H29N3O4.HI/c1-5-19-18(20-12-8-9-17(22)25-7-3)21-14-10-11-15(23-4)16(13-14)24-6-2;/h10-11,13H,5-9,12H2,1-4H3,(H2,19,20,21);1H. The summed E-state index contributed by atoms with van der Waals surface area (Å²) in [5.74, 6) is 1.82.